The van der Waals surface area contributed by atoms with Crippen molar-refractivity contribution in [2.24, 2.45) is 0 Å². The Kier molecular flexibility index (Phi) is 7.20. The third-order valence-corrected chi connectivity index (χ3v) is 7.10. The smallest absolute Gasteiger partial charge is 0.255 e. The summed E-state index contributed by atoms with van der Waals surface area (Å²) in [7, 11) is 0. The molecule has 5 rings (SSSR count). The second-order valence-corrected chi connectivity index (χ2v) is 9.56. The van der Waals surface area contributed by atoms with Crippen LogP contribution >= 0.6 is 11.3 Å². The van der Waals surface area contributed by atoms with Crippen molar-refractivity contribution in [3.63, 3.8) is 0 Å². The molecule has 180 valence electrons. The second-order valence-electron chi connectivity index (χ2n) is 8.61. The molecule has 4 aromatic rings. The number of amides is 1. The molecule has 0 atom stereocenters. The highest BCUT2D eigenvalue weighted by atomic mass is 32.1. The summed E-state index contributed by atoms with van der Waals surface area (Å²) in [5.41, 5.74) is 3.51. The fourth-order valence-corrected chi connectivity index (χ4v) is 5.06. The number of benzene rings is 2. The molecule has 0 bridgehead atoms. The van der Waals surface area contributed by atoms with Gasteiger partial charge in [-0.2, -0.15) is 5.10 Å². The number of nitrogens with one attached hydrogen (secondary N) is 1. The molecular weight excluding hydrogens is 461 g/mol. The van der Waals surface area contributed by atoms with E-state index in [2.05, 4.69) is 27.2 Å². The van der Waals surface area contributed by atoms with Crippen molar-refractivity contribution in [2.45, 2.75) is 6.54 Å². The highest BCUT2D eigenvalue weighted by molar-refractivity contribution is 7.13. The van der Waals surface area contributed by atoms with E-state index in [1.807, 2.05) is 58.7 Å². The number of halogens is 1. The minimum atomic E-state index is -0.212. The van der Waals surface area contributed by atoms with Crippen LogP contribution in [0.1, 0.15) is 15.9 Å². The van der Waals surface area contributed by atoms with Crippen molar-refractivity contribution < 1.29 is 9.18 Å². The quantitative estimate of drug-likeness (QED) is 0.400. The van der Waals surface area contributed by atoms with E-state index in [-0.39, 0.29) is 11.7 Å². The predicted octanol–water partition coefficient (Wildman–Crippen LogP) is 4.35. The first kappa shape index (κ1) is 23.3. The summed E-state index contributed by atoms with van der Waals surface area (Å²) in [4.78, 5) is 18.7. The van der Waals surface area contributed by atoms with Crippen LogP contribution in [0.25, 0.3) is 10.6 Å². The Labute approximate surface area is 208 Å². The van der Waals surface area contributed by atoms with Crippen LogP contribution in [-0.2, 0) is 6.54 Å². The van der Waals surface area contributed by atoms with Gasteiger partial charge in [-0.05, 0) is 41.3 Å². The Morgan fingerprint density at radius 1 is 0.971 bits per heavy atom. The molecule has 0 aliphatic carbocycles. The van der Waals surface area contributed by atoms with E-state index < -0.39 is 0 Å². The van der Waals surface area contributed by atoms with Crippen LogP contribution in [0, 0.1) is 5.82 Å². The highest BCUT2D eigenvalue weighted by Gasteiger charge is 2.20. The molecule has 2 aromatic carbocycles. The lowest BCUT2D eigenvalue weighted by Crippen LogP contribution is -2.48. The molecule has 1 aliphatic heterocycles. The molecule has 0 radical (unpaired) electrons. The van der Waals surface area contributed by atoms with E-state index in [4.69, 9.17) is 5.10 Å². The maximum atomic E-state index is 13.2. The number of thiophene rings is 1. The zero-order valence-corrected chi connectivity index (χ0v) is 20.3. The Balaban J connectivity index is 1.17. The number of rotatable bonds is 8. The summed E-state index contributed by atoms with van der Waals surface area (Å²) in [5, 5.41) is 9.83. The summed E-state index contributed by atoms with van der Waals surface area (Å²) < 4.78 is 15.0. The molecule has 1 fully saturated rings. The maximum absolute atomic E-state index is 13.2. The lowest BCUT2D eigenvalue weighted by atomic mass is 10.2. The average Bonchev–Trinajstić information content (AvgIpc) is 3.56. The zero-order valence-electron chi connectivity index (χ0n) is 19.4. The summed E-state index contributed by atoms with van der Waals surface area (Å²) in [6.45, 7) is 5.55. The van der Waals surface area contributed by atoms with Crippen molar-refractivity contribution in [2.75, 3.05) is 44.2 Å². The van der Waals surface area contributed by atoms with Gasteiger partial charge in [-0.25, -0.2) is 4.39 Å². The lowest BCUT2D eigenvalue weighted by Gasteiger charge is -2.36. The lowest BCUT2D eigenvalue weighted by molar-refractivity contribution is 0.0948. The monoisotopic (exact) mass is 489 g/mol. The van der Waals surface area contributed by atoms with Crippen LogP contribution in [-0.4, -0.2) is 59.9 Å². The SMILES string of the molecule is O=C(NCCN1CCN(c2ccc(F)cc2)CC1)c1cn(Cc2ccccc2)nc1-c1cccs1. The minimum absolute atomic E-state index is 0.0994. The third-order valence-electron chi connectivity index (χ3n) is 6.23. The number of hydrogen-bond acceptors (Lipinski definition) is 5. The van der Waals surface area contributed by atoms with E-state index >= 15 is 0 Å². The summed E-state index contributed by atoms with van der Waals surface area (Å²) >= 11 is 1.58. The van der Waals surface area contributed by atoms with Crippen LogP contribution in [0.5, 0.6) is 0 Å². The van der Waals surface area contributed by atoms with Crippen LogP contribution in [0.3, 0.4) is 0 Å². The molecule has 1 saturated heterocycles. The van der Waals surface area contributed by atoms with Gasteiger partial charge in [-0.3, -0.25) is 14.4 Å². The Morgan fingerprint density at radius 2 is 1.74 bits per heavy atom. The van der Waals surface area contributed by atoms with E-state index in [0.29, 0.717) is 18.7 Å². The number of carbonyl (C=O) groups excluding carboxylic acids is 1. The summed E-state index contributed by atoms with van der Waals surface area (Å²) in [5.74, 6) is -0.311. The maximum Gasteiger partial charge on any atom is 0.255 e. The van der Waals surface area contributed by atoms with Gasteiger partial charge in [0.1, 0.15) is 11.5 Å². The van der Waals surface area contributed by atoms with Crippen molar-refractivity contribution in [3.05, 3.63) is 95.3 Å². The standard InChI is InChI=1S/C27H28FN5OS/c28-22-8-10-23(11-9-22)32-16-14-31(15-17-32)13-12-29-27(34)24-20-33(19-21-5-2-1-3-6-21)30-26(24)25-7-4-18-35-25/h1-11,18,20H,12-17,19H2,(H,29,34). The van der Waals surface area contributed by atoms with Crippen LogP contribution in [0.2, 0.25) is 0 Å². The van der Waals surface area contributed by atoms with Gasteiger partial charge in [0, 0.05) is 51.2 Å². The molecule has 0 unspecified atom stereocenters. The number of nitrogens with zero attached hydrogens (tertiary/aromatic N) is 4. The number of piperazine rings is 1. The molecule has 8 heteroatoms. The number of carbonyl (C=O) groups is 1. The molecule has 1 N–H and O–H groups in total. The molecule has 0 spiro atoms. The van der Waals surface area contributed by atoms with Gasteiger partial charge in [0.2, 0.25) is 0 Å². The van der Waals surface area contributed by atoms with Crippen LogP contribution < -0.4 is 10.2 Å². The van der Waals surface area contributed by atoms with Gasteiger partial charge in [-0.15, -0.1) is 11.3 Å². The van der Waals surface area contributed by atoms with Crippen molar-refractivity contribution in [3.8, 4) is 10.6 Å². The second kappa shape index (κ2) is 10.8. The van der Waals surface area contributed by atoms with Gasteiger partial charge >= 0.3 is 0 Å². The van der Waals surface area contributed by atoms with E-state index in [1.54, 1.807) is 11.3 Å². The van der Waals surface area contributed by atoms with Gasteiger partial charge in [-0.1, -0.05) is 36.4 Å². The first-order valence-corrected chi connectivity index (χ1v) is 12.7. The average molecular weight is 490 g/mol. The molecule has 6 nitrogen and oxygen atoms in total. The van der Waals surface area contributed by atoms with Crippen LogP contribution in [0.4, 0.5) is 10.1 Å². The number of hydrogen-bond donors (Lipinski definition) is 1. The molecule has 3 heterocycles. The fraction of sp³-hybridized carbons (Fsp3) is 0.259. The van der Waals surface area contributed by atoms with Crippen LogP contribution in [0.15, 0.2) is 78.3 Å². The number of aromatic nitrogens is 2. The van der Waals surface area contributed by atoms with Gasteiger partial charge in [0.15, 0.2) is 0 Å². The summed E-state index contributed by atoms with van der Waals surface area (Å²) in [6, 6.07) is 20.8. The zero-order chi connectivity index (χ0) is 24.0. The highest BCUT2D eigenvalue weighted by Crippen LogP contribution is 2.27. The Hall–Kier alpha value is -3.49. The molecule has 0 saturated carbocycles. The van der Waals surface area contributed by atoms with E-state index in [1.165, 1.54) is 12.1 Å². The summed E-state index contributed by atoms with van der Waals surface area (Å²) in [6.07, 6.45) is 1.85. The van der Waals surface area contributed by atoms with Crippen molar-refractivity contribution in [1.82, 2.24) is 20.0 Å². The predicted molar refractivity (Wildman–Crippen MR) is 138 cm³/mol. The topological polar surface area (TPSA) is 53.4 Å². The van der Waals surface area contributed by atoms with E-state index in [9.17, 15) is 9.18 Å². The first-order valence-electron chi connectivity index (χ1n) is 11.8. The molecular formula is C27H28FN5OS. The molecule has 1 aliphatic rings. The fourth-order valence-electron chi connectivity index (χ4n) is 4.34. The van der Waals surface area contributed by atoms with Crippen molar-refractivity contribution in [1.29, 1.82) is 0 Å². The van der Waals surface area contributed by atoms with Crippen molar-refractivity contribution >= 4 is 22.9 Å². The molecule has 2 aromatic heterocycles. The normalized spacial score (nSPS) is 14.3. The Bertz CT molecular complexity index is 1230. The van der Waals surface area contributed by atoms with Gasteiger partial charge < -0.3 is 10.2 Å². The van der Waals surface area contributed by atoms with Gasteiger partial charge in [0.05, 0.1) is 17.0 Å². The largest absolute Gasteiger partial charge is 0.369 e. The minimum Gasteiger partial charge on any atom is -0.369 e. The van der Waals surface area contributed by atoms with Gasteiger partial charge in [0.25, 0.3) is 5.91 Å². The third kappa shape index (κ3) is 5.78. The Morgan fingerprint density at radius 3 is 2.46 bits per heavy atom. The molecule has 35 heavy (non-hydrogen) atoms. The molecule has 1 amide bonds. The van der Waals surface area contributed by atoms with E-state index in [0.717, 1.165) is 54.5 Å². The number of anilines is 1. The first-order chi connectivity index (χ1) is 17.2.